The van der Waals surface area contributed by atoms with Gasteiger partial charge in [0, 0.05) is 26.0 Å². The number of ether oxygens (including phenoxy) is 1. The number of hydrogen-bond acceptors (Lipinski definition) is 3. The molecule has 0 saturated carbocycles. The number of hydrogen-bond donors (Lipinski definition) is 0. The van der Waals surface area contributed by atoms with E-state index in [9.17, 15) is 8.78 Å². The maximum absolute atomic E-state index is 13.7. The Morgan fingerprint density at radius 1 is 1.40 bits per heavy atom. The molecular formula is C14H15F2N3O. The van der Waals surface area contributed by atoms with Crippen LogP contribution in [0.4, 0.5) is 8.78 Å². The molecule has 0 spiro atoms. The molecule has 0 amide bonds. The van der Waals surface area contributed by atoms with Gasteiger partial charge >= 0.3 is 0 Å². The van der Waals surface area contributed by atoms with Crippen molar-refractivity contribution in [1.82, 2.24) is 14.8 Å². The average molecular weight is 279 g/mol. The topological polar surface area (TPSA) is 39.9 Å². The van der Waals surface area contributed by atoms with Gasteiger partial charge in [-0.2, -0.15) is 5.10 Å². The largest absolute Gasteiger partial charge is 0.502 e. The molecule has 0 saturated heterocycles. The highest BCUT2D eigenvalue weighted by Gasteiger charge is 2.14. The fourth-order valence-electron chi connectivity index (χ4n) is 1.80. The van der Waals surface area contributed by atoms with E-state index in [0.717, 1.165) is 6.07 Å². The van der Waals surface area contributed by atoms with Gasteiger partial charge < -0.3 is 4.74 Å². The SMILES string of the molecule is C=C(CCc1nc(-c2ccc(F)cc2F)n(C)n1)OC. The van der Waals surface area contributed by atoms with E-state index < -0.39 is 11.6 Å². The first-order valence-electron chi connectivity index (χ1n) is 6.08. The molecule has 0 unspecified atom stereocenters. The number of halogens is 2. The molecule has 0 N–H and O–H groups in total. The molecule has 0 fully saturated rings. The first kappa shape index (κ1) is 14.2. The van der Waals surface area contributed by atoms with Crippen LogP contribution in [-0.2, 0) is 18.2 Å². The minimum Gasteiger partial charge on any atom is -0.502 e. The Bertz CT molecular complexity index is 637. The molecule has 20 heavy (non-hydrogen) atoms. The second-order valence-corrected chi connectivity index (χ2v) is 4.34. The smallest absolute Gasteiger partial charge is 0.161 e. The number of aryl methyl sites for hydroxylation is 2. The van der Waals surface area contributed by atoms with E-state index in [1.54, 1.807) is 14.2 Å². The van der Waals surface area contributed by atoms with Gasteiger partial charge in [-0.15, -0.1) is 0 Å². The normalized spacial score (nSPS) is 10.6. The van der Waals surface area contributed by atoms with Crippen LogP contribution in [-0.4, -0.2) is 21.9 Å². The van der Waals surface area contributed by atoms with Gasteiger partial charge in [-0.05, 0) is 12.1 Å². The quantitative estimate of drug-likeness (QED) is 0.790. The number of benzene rings is 1. The molecule has 1 aromatic carbocycles. The van der Waals surface area contributed by atoms with Gasteiger partial charge in [-0.1, -0.05) is 6.58 Å². The summed E-state index contributed by atoms with van der Waals surface area (Å²) < 4.78 is 33.1. The molecule has 6 heteroatoms. The Hall–Kier alpha value is -2.24. The summed E-state index contributed by atoms with van der Waals surface area (Å²) in [5, 5.41) is 4.21. The number of allylic oxidation sites excluding steroid dienone is 1. The fraction of sp³-hybridized carbons (Fsp3) is 0.286. The molecule has 0 aliphatic heterocycles. The zero-order chi connectivity index (χ0) is 14.7. The molecule has 2 rings (SSSR count). The van der Waals surface area contributed by atoms with Crippen molar-refractivity contribution in [2.75, 3.05) is 7.11 Å². The van der Waals surface area contributed by atoms with E-state index in [2.05, 4.69) is 16.7 Å². The highest BCUT2D eigenvalue weighted by atomic mass is 19.1. The summed E-state index contributed by atoms with van der Waals surface area (Å²) >= 11 is 0. The second kappa shape index (κ2) is 5.81. The third kappa shape index (κ3) is 3.01. The van der Waals surface area contributed by atoms with Crippen LogP contribution in [0.2, 0.25) is 0 Å². The van der Waals surface area contributed by atoms with Gasteiger partial charge in [-0.25, -0.2) is 18.4 Å². The Morgan fingerprint density at radius 3 is 2.80 bits per heavy atom. The lowest BCUT2D eigenvalue weighted by atomic mass is 10.2. The lowest BCUT2D eigenvalue weighted by molar-refractivity contribution is 0.278. The first-order valence-corrected chi connectivity index (χ1v) is 6.08. The molecule has 4 nitrogen and oxygen atoms in total. The summed E-state index contributed by atoms with van der Waals surface area (Å²) in [7, 11) is 3.22. The minimum atomic E-state index is -0.659. The molecule has 0 bridgehead atoms. The van der Waals surface area contributed by atoms with Gasteiger partial charge in [-0.3, -0.25) is 0 Å². The van der Waals surface area contributed by atoms with E-state index in [0.29, 0.717) is 30.2 Å². The monoisotopic (exact) mass is 279 g/mol. The van der Waals surface area contributed by atoms with Crippen LogP contribution in [0, 0.1) is 11.6 Å². The molecule has 0 aliphatic rings. The van der Waals surface area contributed by atoms with E-state index >= 15 is 0 Å². The highest BCUT2D eigenvalue weighted by Crippen LogP contribution is 2.21. The summed E-state index contributed by atoms with van der Waals surface area (Å²) in [4.78, 5) is 4.27. The van der Waals surface area contributed by atoms with E-state index in [1.807, 2.05) is 0 Å². The number of methoxy groups -OCH3 is 1. The van der Waals surface area contributed by atoms with Crippen LogP contribution in [0.3, 0.4) is 0 Å². The molecule has 0 atom stereocenters. The van der Waals surface area contributed by atoms with Crippen LogP contribution in [0.25, 0.3) is 11.4 Å². The number of aromatic nitrogens is 3. The second-order valence-electron chi connectivity index (χ2n) is 4.34. The van der Waals surface area contributed by atoms with Crippen molar-refractivity contribution in [3.05, 3.63) is 48.0 Å². The van der Waals surface area contributed by atoms with Crippen molar-refractivity contribution in [2.24, 2.45) is 7.05 Å². The van der Waals surface area contributed by atoms with Crippen molar-refractivity contribution < 1.29 is 13.5 Å². The first-order chi connectivity index (χ1) is 9.51. The molecule has 0 aliphatic carbocycles. The average Bonchev–Trinajstić information content (AvgIpc) is 2.77. The predicted octanol–water partition coefficient (Wildman–Crippen LogP) is 2.85. The zero-order valence-electron chi connectivity index (χ0n) is 11.4. The molecule has 1 heterocycles. The third-order valence-corrected chi connectivity index (χ3v) is 2.90. The predicted molar refractivity (Wildman–Crippen MR) is 70.8 cm³/mol. The number of nitrogens with zero attached hydrogens (tertiary/aromatic N) is 3. The Morgan fingerprint density at radius 2 is 2.15 bits per heavy atom. The molecule has 0 radical (unpaired) electrons. The van der Waals surface area contributed by atoms with Gasteiger partial charge in [0.25, 0.3) is 0 Å². The van der Waals surface area contributed by atoms with Gasteiger partial charge in [0.1, 0.15) is 11.6 Å². The summed E-state index contributed by atoms with van der Waals surface area (Å²) in [5.41, 5.74) is 0.221. The van der Waals surface area contributed by atoms with Crippen LogP contribution < -0.4 is 0 Å². The summed E-state index contributed by atoms with van der Waals surface area (Å²) in [6.45, 7) is 3.71. The summed E-state index contributed by atoms with van der Waals surface area (Å²) in [6, 6.07) is 3.38. The molecule has 106 valence electrons. The molecule has 1 aromatic heterocycles. The van der Waals surface area contributed by atoms with Crippen molar-refractivity contribution in [2.45, 2.75) is 12.8 Å². The standard InChI is InChI=1S/C14H15F2N3O/c1-9(20-3)4-7-13-17-14(19(2)18-13)11-6-5-10(15)8-12(11)16/h5-6,8H,1,4,7H2,2-3H3. The molecular weight excluding hydrogens is 264 g/mol. The van der Waals surface area contributed by atoms with Gasteiger partial charge in [0.05, 0.1) is 18.4 Å². The van der Waals surface area contributed by atoms with E-state index in [-0.39, 0.29) is 5.56 Å². The van der Waals surface area contributed by atoms with Crippen LogP contribution in [0.1, 0.15) is 12.2 Å². The summed E-state index contributed by atoms with van der Waals surface area (Å²) in [6.07, 6.45) is 1.13. The highest BCUT2D eigenvalue weighted by molar-refractivity contribution is 5.56. The zero-order valence-corrected chi connectivity index (χ0v) is 11.4. The summed E-state index contributed by atoms with van der Waals surface area (Å²) in [5.74, 6) is 0.273. The van der Waals surface area contributed by atoms with Crippen LogP contribution in [0.5, 0.6) is 0 Å². The van der Waals surface area contributed by atoms with Crippen molar-refractivity contribution in [3.8, 4) is 11.4 Å². The lowest BCUT2D eigenvalue weighted by Crippen LogP contribution is -1.97. The minimum absolute atomic E-state index is 0.221. The van der Waals surface area contributed by atoms with Crippen molar-refractivity contribution in [1.29, 1.82) is 0 Å². The fourth-order valence-corrected chi connectivity index (χ4v) is 1.80. The van der Waals surface area contributed by atoms with E-state index in [4.69, 9.17) is 4.74 Å². The van der Waals surface area contributed by atoms with Crippen LogP contribution in [0.15, 0.2) is 30.5 Å². The maximum Gasteiger partial charge on any atom is 0.161 e. The Labute approximate surface area is 115 Å². The van der Waals surface area contributed by atoms with Gasteiger partial charge in [0.15, 0.2) is 11.6 Å². The Kier molecular flexibility index (Phi) is 4.12. The van der Waals surface area contributed by atoms with Gasteiger partial charge in [0.2, 0.25) is 0 Å². The third-order valence-electron chi connectivity index (χ3n) is 2.90. The Balaban J connectivity index is 2.25. The van der Waals surface area contributed by atoms with Crippen molar-refractivity contribution in [3.63, 3.8) is 0 Å². The lowest BCUT2D eigenvalue weighted by Gasteiger charge is -2.01. The molecule has 2 aromatic rings. The maximum atomic E-state index is 13.7. The van der Waals surface area contributed by atoms with E-state index in [1.165, 1.54) is 16.8 Å². The van der Waals surface area contributed by atoms with Crippen molar-refractivity contribution >= 4 is 0 Å². The number of rotatable bonds is 5. The van der Waals surface area contributed by atoms with Crippen LogP contribution >= 0.6 is 0 Å².